The molecule has 1 rings (SSSR count). The first kappa shape index (κ1) is 13.5. The summed E-state index contributed by atoms with van der Waals surface area (Å²) in [5.74, 6) is 0. The van der Waals surface area contributed by atoms with Crippen LogP contribution in [0.2, 0.25) is 5.02 Å². The maximum atomic E-state index is 9.59. The zero-order chi connectivity index (χ0) is 12.2. The van der Waals surface area contributed by atoms with Gasteiger partial charge < -0.3 is 10.4 Å². The molecule has 2 N–H and O–H groups in total. The summed E-state index contributed by atoms with van der Waals surface area (Å²) < 4.78 is 0. The lowest BCUT2D eigenvalue weighted by Gasteiger charge is -2.20. The molecule has 3 heteroatoms. The molecule has 0 radical (unpaired) electrons. The molecule has 90 valence electrons. The van der Waals surface area contributed by atoms with Gasteiger partial charge in [0.2, 0.25) is 0 Å². The Labute approximate surface area is 103 Å². The van der Waals surface area contributed by atoms with Gasteiger partial charge in [0.15, 0.2) is 0 Å². The highest BCUT2D eigenvalue weighted by Gasteiger charge is 2.13. The van der Waals surface area contributed by atoms with Crippen molar-refractivity contribution in [3.63, 3.8) is 0 Å². The number of hydrogen-bond acceptors (Lipinski definition) is 2. The van der Waals surface area contributed by atoms with Crippen molar-refractivity contribution in [2.24, 2.45) is 0 Å². The summed E-state index contributed by atoms with van der Waals surface area (Å²) in [5, 5.41) is 13.7. The highest BCUT2D eigenvalue weighted by Crippen LogP contribution is 2.22. The Morgan fingerprint density at radius 2 is 2.00 bits per heavy atom. The molecular formula is C13H20ClNO. The van der Waals surface area contributed by atoms with Crippen LogP contribution in [0.5, 0.6) is 0 Å². The second kappa shape index (κ2) is 5.67. The summed E-state index contributed by atoms with van der Waals surface area (Å²) in [7, 11) is 0. The van der Waals surface area contributed by atoms with E-state index in [9.17, 15) is 5.11 Å². The SMILES string of the molecule is C[C@H](NCCC(C)(C)O)c1ccccc1Cl. The zero-order valence-corrected chi connectivity index (χ0v) is 10.9. The van der Waals surface area contributed by atoms with Crippen LogP contribution < -0.4 is 5.32 Å². The van der Waals surface area contributed by atoms with Crippen LogP contribution in [-0.4, -0.2) is 17.3 Å². The fraction of sp³-hybridized carbons (Fsp3) is 0.538. The third-order valence-corrected chi connectivity index (χ3v) is 2.90. The normalized spacial score (nSPS) is 13.8. The lowest BCUT2D eigenvalue weighted by atomic mass is 10.0. The predicted molar refractivity (Wildman–Crippen MR) is 68.8 cm³/mol. The summed E-state index contributed by atoms with van der Waals surface area (Å²) in [6, 6.07) is 8.02. The van der Waals surface area contributed by atoms with Crippen molar-refractivity contribution in [1.29, 1.82) is 0 Å². The maximum Gasteiger partial charge on any atom is 0.0603 e. The Balaban J connectivity index is 2.47. The summed E-state index contributed by atoms with van der Waals surface area (Å²) >= 11 is 6.10. The van der Waals surface area contributed by atoms with E-state index < -0.39 is 5.60 Å². The van der Waals surface area contributed by atoms with E-state index in [1.807, 2.05) is 38.1 Å². The molecule has 0 amide bonds. The van der Waals surface area contributed by atoms with Gasteiger partial charge in [-0.25, -0.2) is 0 Å². The average molecular weight is 242 g/mol. The number of nitrogens with one attached hydrogen (secondary N) is 1. The van der Waals surface area contributed by atoms with Crippen LogP contribution in [0.4, 0.5) is 0 Å². The van der Waals surface area contributed by atoms with Crippen LogP contribution in [-0.2, 0) is 0 Å². The number of aliphatic hydroxyl groups is 1. The lowest BCUT2D eigenvalue weighted by Crippen LogP contribution is -2.28. The molecule has 2 nitrogen and oxygen atoms in total. The van der Waals surface area contributed by atoms with Gasteiger partial charge in [-0.05, 0) is 45.4 Å². The van der Waals surface area contributed by atoms with E-state index >= 15 is 0 Å². The highest BCUT2D eigenvalue weighted by atomic mass is 35.5. The number of halogens is 1. The molecule has 0 aliphatic rings. The van der Waals surface area contributed by atoms with Crippen LogP contribution >= 0.6 is 11.6 Å². The summed E-state index contributed by atoms with van der Waals surface area (Å²) in [6.07, 6.45) is 0.724. The molecule has 0 aromatic heterocycles. The molecule has 0 bridgehead atoms. The van der Waals surface area contributed by atoms with E-state index in [1.165, 1.54) is 0 Å². The first-order valence-corrected chi connectivity index (χ1v) is 5.98. The largest absolute Gasteiger partial charge is 0.390 e. The van der Waals surface area contributed by atoms with E-state index in [-0.39, 0.29) is 6.04 Å². The molecule has 0 aliphatic heterocycles. The van der Waals surface area contributed by atoms with Gasteiger partial charge in [0, 0.05) is 11.1 Å². The molecule has 0 unspecified atom stereocenters. The van der Waals surface area contributed by atoms with Crippen molar-refractivity contribution < 1.29 is 5.11 Å². The van der Waals surface area contributed by atoms with Crippen LogP contribution in [0.1, 0.15) is 38.8 Å². The van der Waals surface area contributed by atoms with Crippen LogP contribution in [0, 0.1) is 0 Å². The van der Waals surface area contributed by atoms with E-state index in [0.717, 1.165) is 23.6 Å². The van der Waals surface area contributed by atoms with Crippen molar-refractivity contribution >= 4 is 11.6 Å². The average Bonchev–Trinajstić information content (AvgIpc) is 2.16. The molecular weight excluding hydrogens is 222 g/mol. The Bertz CT molecular complexity index is 333. The van der Waals surface area contributed by atoms with Crippen molar-refractivity contribution in [3.05, 3.63) is 34.9 Å². The van der Waals surface area contributed by atoms with Crippen LogP contribution in [0.25, 0.3) is 0 Å². The Morgan fingerprint density at radius 1 is 1.38 bits per heavy atom. The molecule has 0 fully saturated rings. The van der Waals surface area contributed by atoms with Gasteiger partial charge in [0.05, 0.1) is 5.60 Å². The molecule has 16 heavy (non-hydrogen) atoms. The van der Waals surface area contributed by atoms with Crippen molar-refractivity contribution in [2.45, 2.75) is 38.8 Å². The third-order valence-electron chi connectivity index (χ3n) is 2.56. The van der Waals surface area contributed by atoms with Gasteiger partial charge in [-0.3, -0.25) is 0 Å². The fourth-order valence-electron chi connectivity index (χ4n) is 1.53. The minimum Gasteiger partial charge on any atom is -0.390 e. The molecule has 1 atom stereocenters. The van der Waals surface area contributed by atoms with E-state index in [1.54, 1.807) is 0 Å². The van der Waals surface area contributed by atoms with E-state index in [4.69, 9.17) is 11.6 Å². The first-order chi connectivity index (χ1) is 7.40. The Hall–Kier alpha value is -0.570. The summed E-state index contributed by atoms with van der Waals surface area (Å²) in [6.45, 7) is 6.48. The zero-order valence-electron chi connectivity index (χ0n) is 10.1. The fourth-order valence-corrected chi connectivity index (χ4v) is 1.83. The highest BCUT2D eigenvalue weighted by molar-refractivity contribution is 6.31. The molecule has 0 spiro atoms. The van der Waals surface area contributed by atoms with Crippen molar-refractivity contribution in [3.8, 4) is 0 Å². The quantitative estimate of drug-likeness (QED) is 0.830. The smallest absolute Gasteiger partial charge is 0.0603 e. The summed E-state index contributed by atoms with van der Waals surface area (Å²) in [5.41, 5.74) is 0.479. The van der Waals surface area contributed by atoms with Crippen LogP contribution in [0.3, 0.4) is 0 Å². The summed E-state index contributed by atoms with van der Waals surface area (Å²) in [4.78, 5) is 0. The first-order valence-electron chi connectivity index (χ1n) is 5.60. The predicted octanol–water partition coefficient (Wildman–Crippen LogP) is 3.15. The van der Waals surface area contributed by atoms with Crippen molar-refractivity contribution in [1.82, 2.24) is 5.32 Å². The molecule has 1 aromatic rings. The van der Waals surface area contributed by atoms with Gasteiger partial charge in [-0.15, -0.1) is 0 Å². The van der Waals surface area contributed by atoms with Gasteiger partial charge in [0.25, 0.3) is 0 Å². The van der Waals surface area contributed by atoms with E-state index in [0.29, 0.717) is 0 Å². The second-order valence-electron chi connectivity index (χ2n) is 4.76. The number of benzene rings is 1. The Kier molecular flexibility index (Phi) is 4.78. The van der Waals surface area contributed by atoms with E-state index in [2.05, 4.69) is 12.2 Å². The standard InChI is InChI=1S/C13H20ClNO/c1-10(15-9-8-13(2,3)16)11-6-4-5-7-12(11)14/h4-7,10,15-16H,8-9H2,1-3H3/t10-/m0/s1. The molecule has 0 heterocycles. The minimum absolute atomic E-state index is 0.205. The topological polar surface area (TPSA) is 32.3 Å². The molecule has 0 saturated carbocycles. The minimum atomic E-state index is -0.618. The molecule has 0 aliphatic carbocycles. The van der Waals surface area contributed by atoms with Gasteiger partial charge in [0.1, 0.15) is 0 Å². The monoisotopic (exact) mass is 241 g/mol. The number of rotatable bonds is 5. The van der Waals surface area contributed by atoms with Gasteiger partial charge in [-0.1, -0.05) is 29.8 Å². The third kappa shape index (κ3) is 4.52. The second-order valence-corrected chi connectivity index (χ2v) is 5.17. The van der Waals surface area contributed by atoms with Crippen LogP contribution in [0.15, 0.2) is 24.3 Å². The van der Waals surface area contributed by atoms with Gasteiger partial charge in [-0.2, -0.15) is 0 Å². The van der Waals surface area contributed by atoms with Crippen molar-refractivity contribution in [2.75, 3.05) is 6.54 Å². The van der Waals surface area contributed by atoms with Gasteiger partial charge >= 0.3 is 0 Å². The molecule has 0 saturated heterocycles. The lowest BCUT2D eigenvalue weighted by molar-refractivity contribution is 0.0705. The number of hydrogen-bond donors (Lipinski definition) is 2. The maximum absolute atomic E-state index is 9.59. The molecule has 1 aromatic carbocycles. The Morgan fingerprint density at radius 3 is 2.56 bits per heavy atom.